The largest absolute Gasteiger partial charge is 0.274 e. The highest BCUT2D eigenvalue weighted by Crippen LogP contribution is 2.47. The molecule has 1 unspecified atom stereocenters. The van der Waals surface area contributed by atoms with Gasteiger partial charge in [0.1, 0.15) is 0 Å². The molecule has 5 heterocycles. The second-order valence-corrected chi connectivity index (χ2v) is 26.8. The van der Waals surface area contributed by atoms with Crippen molar-refractivity contribution in [2.45, 2.75) is 253 Å². The van der Waals surface area contributed by atoms with Crippen molar-refractivity contribution in [3.8, 4) is 19.5 Å². The van der Waals surface area contributed by atoms with Crippen LogP contribution in [-0.4, -0.2) is 4.57 Å². The van der Waals surface area contributed by atoms with Gasteiger partial charge < -0.3 is 0 Å². The van der Waals surface area contributed by atoms with Crippen LogP contribution in [0.15, 0.2) is 41.4 Å². The van der Waals surface area contributed by atoms with E-state index < -0.39 is 0 Å². The molecule has 374 valence electrons. The lowest BCUT2D eigenvalue weighted by Gasteiger charge is -2.17. The van der Waals surface area contributed by atoms with Crippen molar-refractivity contribution in [3.63, 3.8) is 0 Å². The first kappa shape index (κ1) is 56.8. The number of rotatable bonds is 38. The highest BCUT2D eigenvalue weighted by Gasteiger charge is 2.23. The van der Waals surface area contributed by atoms with Crippen molar-refractivity contribution < 1.29 is 0 Å². The number of aryl methyl sites for hydroxylation is 2. The third-order valence-electron chi connectivity index (χ3n) is 14.1. The minimum Gasteiger partial charge on any atom is -0.274 e. The second-order valence-electron chi connectivity index (χ2n) is 19.9. The van der Waals surface area contributed by atoms with Crippen LogP contribution in [0, 0.1) is 5.92 Å². The first-order chi connectivity index (χ1) is 32.8. The molecule has 5 aromatic heterocycles. The van der Waals surface area contributed by atoms with E-state index in [1.165, 1.54) is 207 Å². The van der Waals surface area contributed by atoms with Crippen LogP contribution >= 0.6 is 77.2 Å². The topological polar surface area (TPSA) is 39.1 Å². The smallest absolute Gasteiger partial charge is 0.262 e. The summed E-state index contributed by atoms with van der Waals surface area (Å²) in [6, 6.07) is 8.97. The number of aromatic nitrogens is 1. The fourth-order valence-corrected chi connectivity index (χ4v) is 16.2. The lowest BCUT2D eigenvalue weighted by Crippen LogP contribution is -2.33. The molecule has 0 aromatic carbocycles. The lowest BCUT2D eigenvalue weighted by molar-refractivity contribution is 0.351. The first-order valence-electron chi connectivity index (χ1n) is 27.5. The molecule has 0 bridgehead atoms. The molecule has 5 rings (SSSR count). The van der Waals surface area contributed by atoms with Gasteiger partial charge in [0.05, 0.1) is 27.7 Å². The number of nitrogens with zero attached hydrogens (tertiary/aromatic N) is 1. The van der Waals surface area contributed by atoms with Gasteiger partial charge in [0.2, 0.25) is 0 Å². The maximum absolute atomic E-state index is 15.1. The number of hydrogen-bond acceptors (Lipinski definition) is 6. The van der Waals surface area contributed by atoms with Crippen LogP contribution in [0.2, 0.25) is 0 Å². The number of hydrogen-bond donors (Lipinski definition) is 0. The normalized spacial score (nSPS) is 12.4. The molecule has 5 aromatic rings. The van der Waals surface area contributed by atoms with E-state index in [4.69, 9.17) is 0 Å². The summed E-state index contributed by atoms with van der Waals surface area (Å²) in [7, 11) is 0. The van der Waals surface area contributed by atoms with Gasteiger partial charge in [0, 0.05) is 26.1 Å². The Kier molecular flexibility index (Phi) is 27.8. The predicted molar refractivity (Wildman–Crippen MR) is 311 cm³/mol. The van der Waals surface area contributed by atoms with Crippen LogP contribution in [0.5, 0.6) is 0 Å². The second kappa shape index (κ2) is 32.8. The Morgan fingerprint density at radius 3 is 1.09 bits per heavy atom. The van der Waals surface area contributed by atoms with Gasteiger partial charge >= 0.3 is 0 Å². The highest BCUT2D eigenvalue weighted by atomic mass is 79.9. The third kappa shape index (κ3) is 18.8. The molecular weight excluding hydrogens is 1030 g/mol. The SMILES string of the molecule is CCCCCCCCCCCCc1cc(Br)sc1-c1cc2c(=O)n(CC(CCCCCC)CCCCCCCC)c(=O)c3cc(-c4sc(Br)cc4CCCCCCCCCCCC)sc3c2s1. The molecule has 0 saturated heterocycles. The van der Waals surface area contributed by atoms with Crippen molar-refractivity contribution in [1.82, 2.24) is 4.57 Å². The van der Waals surface area contributed by atoms with E-state index in [1.807, 2.05) is 0 Å². The number of unbranched alkanes of at least 4 members (excludes halogenated alkanes) is 26. The lowest BCUT2D eigenvalue weighted by atomic mass is 9.94. The van der Waals surface area contributed by atoms with Gasteiger partial charge in [-0.1, -0.05) is 207 Å². The molecule has 3 nitrogen and oxygen atoms in total. The summed E-state index contributed by atoms with van der Waals surface area (Å²) in [5, 5.41) is 1.44. The van der Waals surface area contributed by atoms with E-state index in [2.05, 4.69) is 83.8 Å². The Bertz CT molecular complexity index is 2120. The summed E-state index contributed by atoms with van der Waals surface area (Å²) in [5.74, 6) is 0.318. The molecule has 0 fully saturated rings. The van der Waals surface area contributed by atoms with Gasteiger partial charge in [-0.3, -0.25) is 14.2 Å². The minimum absolute atomic E-state index is 0.0960. The average molecular weight is 1120 g/mol. The van der Waals surface area contributed by atoms with Crippen molar-refractivity contribution in [3.05, 3.63) is 63.7 Å². The maximum atomic E-state index is 15.1. The summed E-state index contributed by atoms with van der Waals surface area (Å²) in [6.07, 6.45) is 43.3. The number of fused-ring (bicyclic) bond motifs is 3. The van der Waals surface area contributed by atoms with Gasteiger partial charge in [-0.05, 0) is 112 Å². The van der Waals surface area contributed by atoms with E-state index >= 15 is 9.59 Å². The molecular formula is C58H87Br2NO2S4. The predicted octanol–water partition coefficient (Wildman–Crippen LogP) is 21.9. The Morgan fingerprint density at radius 2 is 0.731 bits per heavy atom. The zero-order valence-corrected chi connectivity index (χ0v) is 48.7. The molecule has 0 saturated carbocycles. The molecule has 0 radical (unpaired) electrons. The fraction of sp³-hybridized carbons (Fsp3) is 0.690. The highest BCUT2D eigenvalue weighted by molar-refractivity contribution is 9.11. The van der Waals surface area contributed by atoms with E-state index in [-0.39, 0.29) is 11.1 Å². The van der Waals surface area contributed by atoms with E-state index in [1.54, 1.807) is 49.9 Å². The number of thiophene rings is 4. The Morgan fingerprint density at radius 1 is 0.418 bits per heavy atom. The van der Waals surface area contributed by atoms with Crippen LogP contribution in [-0.2, 0) is 19.4 Å². The third-order valence-corrected chi connectivity index (χ3v) is 20.3. The molecule has 0 N–H and O–H groups in total. The zero-order valence-electron chi connectivity index (χ0n) is 42.3. The monoisotopic (exact) mass is 1120 g/mol. The Labute approximate surface area is 440 Å². The van der Waals surface area contributed by atoms with Crippen LogP contribution in [0.4, 0.5) is 0 Å². The molecule has 0 aliphatic rings. The van der Waals surface area contributed by atoms with Gasteiger partial charge in [-0.2, -0.15) is 0 Å². The summed E-state index contributed by atoms with van der Waals surface area (Å²) in [6.45, 7) is 9.64. The van der Waals surface area contributed by atoms with Gasteiger partial charge in [0.15, 0.2) is 0 Å². The Hall–Kier alpha value is -1.10. The summed E-state index contributed by atoms with van der Waals surface area (Å²) < 4.78 is 5.96. The molecule has 1 atom stereocenters. The van der Waals surface area contributed by atoms with E-state index in [9.17, 15) is 0 Å². The standard InChI is InChI=1S/C58H87Br2NO2S4/c1-5-9-13-17-20-22-24-26-29-33-37-45-39-51(59)66-53(45)49-41-47-55(64-49)56-48(58(63)61(57(47)62)43-44(35-31-16-12-8-4)36-32-28-19-15-11-7-3)42-50(65-56)54-46(40-52(60)67-54)38-34-30-27-25-23-21-18-14-10-6-2/h39-42,44H,5-38,43H2,1-4H3. The Balaban J connectivity index is 1.46. The molecule has 0 aliphatic heterocycles. The van der Waals surface area contributed by atoms with Gasteiger partial charge in [0.25, 0.3) is 11.1 Å². The maximum Gasteiger partial charge on any atom is 0.262 e. The van der Waals surface area contributed by atoms with Crippen molar-refractivity contribution >= 4 is 97.4 Å². The van der Waals surface area contributed by atoms with Crippen LogP contribution < -0.4 is 11.1 Å². The average Bonchev–Trinajstić information content (AvgIpc) is 4.12. The van der Waals surface area contributed by atoms with Crippen molar-refractivity contribution in [2.24, 2.45) is 5.92 Å². The first-order valence-corrected chi connectivity index (χ1v) is 32.4. The summed E-state index contributed by atoms with van der Waals surface area (Å²) in [4.78, 5) is 35.0. The van der Waals surface area contributed by atoms with E-state index in [0.717, 1.165) is 69.6 Å². The summed E-state index contributed by atoms with van der Waals surface area (Å²) >= 11 is 14.8. The molecule has 0 amide bonds. The molecule has 0 aliphatic carbocycles. The van der Waals surface area contributed by atoms with Crippen LogP contribution in [0.3, 0.4) is 0 Å². The zero-order chi connectivity index (χ0) is 47.6. The fourth-order valence-electron chi connectivity index (χ4n) is 10.1. The minimum atomic E-state index is -0.0960. The van der Waals surface area contributed by atoms with Crippen molar-refractivity contribution in [1.29, 1.82) is 0 Å². The molecule has 9 heteroatoms. The summed E-state index contributed by atoms with van der Waals surface area (Å²) in [5.41, 5.74) is 2.57. The van der Waals surface area contributed by atoms with Gasteiger partial charge in [-0.15, -0.1) is 45.3 Å². The molecule has 0 spiro atoms. The van der Waals surface area contributed by atoms with Crippen LogP contribution in [0.25, 0.3) is 39.7 Å². The number of halogens is 2. The van der Waals surface area contributed by atoms with Crippen molar-refractivity contribution in [2.75, 3.05) is 0 Å². The quantitative estimate of drug-likeness (QED) is 0.0370. The van der Waals surface area contributed by atoms with Gasteiger partial charge in [-0.25, -0.2) is 0 Å². The molecule has 67 heavy (non-hydrogen) atoms. The van der Waals surface area contributed by atoms with E-state index in [0.29, 0.717) is 12.5 Å². The van der Waals surface area contributed by atoms with Crippen LogP contribution in [0.1, 0.15) is 244 Å².